The third-order valence-corrected chi connectivity index (χ3v) is 7.00. The minimum Gasteiger partial charge on any atom is -0.469 e. The van der Waals surface area contributed by atoms with Gasteiger partial charge in [-0.3, -0.25) is 28.5 Å². The van der Waals surface area contributed by atoms with E-state index in [1.807, 2.05) is 13.0 Å². The summed E-state index contributed by atoms with van der Waals surface area (Å²) in [7, 11) is 2.81. The number of carbonyl (C=O) groups is 3. The van der Waals surface area contributed by atoms with Gasteiger partial charge < -0.3 is 15.0 Å². The van der Waals surface area contributed by atoms with Crippen LogP contribution in [-0.2, 0) is 19.1 Å². The topological polar surface area (TPSA) is 113 Å². The van der Waals surface area contributed by atoms with Gasteiger partial charge in [0.05, 0.1) is 24.0 Å². The molecule has 0 aliphatic carbocycles. The summed E-state index contributed by atoms with van der Waals surface area (Å²) >= 11 is 6.29. The van der Waals surface area contributed by atoms with Crippen molar-refractivity contribution >= 4 is 63.6 Å². The van der Waals surface area contributed by atoms with Crippen LogP contribution in [0.2, 0.25) is 0 Å². The smallest absolute Gasteiger partial charge is 0.308 e. The number of thiocarbonyl (C=S) groups is 1. The van der Waals surface area contributed by atoms with Crippen molar-refractivity contribution in [3.63, 3.8) is 0 Å². The summed E-state index contributed by atoms with van der Waals surface area (Å²) in [6.45, 7) is 2.45. The Bertz CT molecular complexity index is 1290. The number of nitrogens with one attached hydrogen (secondary N) is 1. The van der Waals surface area contributed by atoms with E-state index in [0.717, 1.165) is 17.3 Å². The number of methoxy groups -OCH3 is 1. The van der Waals surface area contributed by atoms with Gasteiger partial charge in [0.2, 0.25) is 5.91 Å². The molecule has 2 aromatic heterocycles. The van der Waals surface area contributed by atoms with Crippen LogP contribution in [0.3, 0.4) is 0 Å². The van der Waals surface area contributed by atoms with E-state index < -0.39 is 17.6 Å². The van der Waals surface area contributed by atoms with E-state index >= 15 is 0 Å². The van der Waals surface area contributed by atoms with Gasteiger partial charge in [0.15, 0.2) is 0 Å². The van der Waals surface area contributed by atoms with E-state index in [1.54, 1.807) is 24.2 Å². The lowest BCUT2D eigenvalue weighted by Crippen LogP contribution is -2.57. The predicted octanol–water partition coefficient (Wildman–Crippen LogP) is 0.702. The molecule has 2 saturated heterocycles. The molecule has 2 fully saturated rings. The molecule has 0 radical (unpaired) electrons. The number of hydrogen-bond acceptors (Lipinski definition) is 9. The number of esters is 1. The molecule has 33 heavy (non-hydrogen) atoms. The molecule has 4 heterocycles. The fraction of sp³-hybridized carbons (Fsp3) is 0.333. The summed E-state index contributed by atoms with van der Waals surface area (Å²) in [6.07, 6.45) is 2.84. The lowest BCUT2D eigenvalue weighted by atomic mass is 10.1. The van der Waals surface area contributed by atoms with E-state index in [2.05, 4.69) is 5.32 Å². The molecule has 0 aromatic carbocycles. The summed E-state index contributed by atoms with van der Waals surface area (Å²) in [4.78, 5) is 58.8. The van der Waals surface area contributed by atoms with Gasteiger partial charge >= 0.3 is 5.97 Å². The Kier molecular flexibility index (Phi) is 6.21. The normalized spacial score (nSPS) is 20.0. The Hall–Kier alpha value is -3.25. The van der Waals surface area contributed by atoms with Crippen molar-refractivity contribution in [2.24, 2.45) is 0 Å². The molecule has 1 N–H and O–H groups in total. The van der Waals surface area contributed by atoms with Crippen molar-refractivity contribution in [3.8, 4) is 0 Å². The third kappa shape index (κ3) is 4.11. The molecule has 1 unspecified atom stereocenters. The first kappa shape index (κ1) is 22.9. The van der Waals surface area contributed by atoms with E-state index in [0.29, 0.717) is 23.1 Å². The molecule has 2 amide bonds. The molecule has 10 nitrogen and oxygen atoms in total. The maximum absolute atomic E-state index is 13.6. The fourth-order valence-corrected chi connectivity index (χ4v) is 4.90. The van der Waals surface area contributed by atoms with Crippen LogP contribution in [0.25, 0.3) is 11.7 Å². The SMILES string of the molecule is COC(=O)CC1C(=O)NCCN1c1nc2c(C)cccn2c(=O)c1/C=C1\SC(=S)N(C)C1=O. The molecule has 1 atom stereocenters. The van der Waals surface area contributed by atoms with Gasteiger partial charge in [0.1, 0.15) is 21.8 Å². The number of carbonyl (C=O) groups excluding carboxylic acids is 3. The van der Waals surface area contributed by atoms with Crippen LogP contribution in [0.4, 0.5) is 5.82 Å². The summed E-state index contributed by atoms with van der Waals surface area (Å²) in [5, 5.41) is 2.74. The highest BCUT2D eigenvalue weighted by Crippen LogP contribution is 2.33. The maximum Gasteiger partial charge on any atom is 0.308 e. The van der Waals surface area contributed by atoms with Gasteiger partial charge in [0.25, 0.3) is 11.5 Å². The van der Waals surface area contributed by atoms with E-state index in [4.69, 9.17) is 21.9 Å². The average molecular weight is 488 g/mol. The third-order valence-electron chi connectivity index (χ3n) is 5.52. The first-order valence-electron chi connectivity index (χ1n) is 10.1. The van der Waals surface area contributed by atoms with Crippen LogP contribution in [0.15, 0.2) is 28.0 Å². The van der Waals surface area contributed by atoms with Crippen LogP contribution < -0.4 is 15.8 Å². The monoisotopic (exact) mass is 487 g/mol. The average Bonchev–Trinajstić information content (AvgIpc) is 3.03. The standard InChI is InChI=1S/C21H21N5O5S2/c1-11-5-4-7-26-16(11)23-17(25-8-6-22-18(28)13(25)10-15(27)31-3)12(19(26)29)9-14-20(30)24(2)21(32)33-14/h4-5,7,9,13H,6,8,10H2,1-3H3,(H,22,28)/b14-9-. The zero-order chi connectivity index (χ0) is 23.9. The number of thioether (sulfide) groups is 1. The summed E-state index contributed by atoms with van der Waals surface area (Å²) in [5.74, 6) is -1.04. The number of ether oxygens (including phenoxy) is 1. The molecule has 0 spiro atoms. The number of fused-ring (bicyclic) bond motifs is 1. The molecule has 0 bridgehead atoms. The lowest BCUT2D eigenvalue weighted by Gasteiger charge is -2.36. The number of anilines is 1. The number of amides is 2. The van der Waals surface area contributed by atoms with Gasteiger partial charge in [-0.2, -0.15) is 0 Å². The maximum atomic E-state index is 13.6. The number of nitrogens with zero attached hydrogens (tertiary/aromatic N) is 4. The second kappa shape index (κ2) is 8.94. The van der Waals surface area contributed by atoms with Crippen LogP contribution in [0.1, 0.15) is 17.5 Å². The highest BCUT2D eigenvalue weighted by Gasteiger charge is 2.36. The van der Waals surface area contributed by atoms with Crippen molar-refractivity contribution in [2.75, 3.05) is 32.1 Å². The van der Waals surface area contributed by atoms with Gasteiger partial charge in [0, 0.05) is 26.3 Å². The predicted molar refractivity (Wildman–Crippen MR) is 128 cm³/mol. The van der Waals surface area contributed by atoms with Crippen LogP contribution in [0.5, 0.6) is 0 Å². The van der Waals surface area contributed by atoms with Gasteiger partial charge in [-0.1, -0.05) is 30.0 Å². The molecular weight excluding hydrogens is 466 g/mol. The molecule has 0 saturated carbocycles. The summed E-state index contributed by atoms with van der Waals surface area (Å²) in [6, 6.07) is 2.63. The van der Waals surface area contributed by atoms with Crippen molar-refractivity contribution < 1.29 is 19.1 Å². The molecule has 172 valence electrons. The number of piperazine rings is 1. The molecule has 2 aliphatic rings. The Morgan fingerprint density at radius 1 is 1.39 bits per heavy atom. The zero-order valence-electron chi connectivity index (χ0n) is 18.2. The Labute approximate surface area is 198 Å². The Morgan fingerprint density at radius 2 is 2.15 bits per heavy atom. The lowest BCUT2D eigenvalue weighted by molar-refractivity contribution is -0.143. The molecule has 2 aromatic rings. The largest absolute Gasteiger partial charge is 0.469 e. The van der Waals surface area contributed by atoms with Crippen molar-refractivity contribution in [2.45, 2.75) is 19.4 Å². The minimum atomic E-state index is -0.919. The van der Waals surface area contributed by atoms with Crippen molar-refractivity contribution in [3.05, 3.63) is 44.7 Å². The number of rotatable bonds is 4. The number of likely N-dealkylation sites (N-methyl/N-ethyl adjacent to an activating group) is 1. The molecule has 2 aliphatic heterocycles. The van der Waals surface area contributed by atoms with Crippen LogP contribution in [0, 0.1) is 6.92 Å². The quantitative estimate of drug-likeness (QED) is 0.378. The van der Waals surface area contributed by atoms with Crippen molar-refractivity contribution in [1.29, 1.82) is 0 Å². The fourth-order valence-electron chi connectivity index (χ4n) is 3.73. The van der Waals surface area contributed by atoms with E-state index in [1.165, 1.54) is 22.5 Å². The Morgan fingerprint density at radius 3 is 2.82 bits per heavy atom. The number of pyridine rings is 1. The first-order chi connectivity index (χ1) is 15.7. The highest BCUT2D eigenvalue weighted by molar-refractivity contribution is 8.26. The number of aryl methyl sites for hydroxylation is 1. The second-order valence-electron chi connectivity index (χ2n) is 7.56. The van der Waals surface area contributed by atoms with Crippen LogP contribution in [-0.4, -0.2) is 69.7 Å². The van der Waals surface area contributed by atoms with Crippen LogP contribution >= 0.6 is 24.0 Å². The first-order valence-corrected chi connectivity index (χ1v) is 11.3. The molecule has 12 heteroatoms. The summed E-state index contributed by atoms with van der Waals surface area (Å²) < 4.78 is 6.54. The molecular formula is C21H21N5O5S2. The molecule has 4 rings (SSSR count). The number of hydrogen-bond donors (Lipinski definition) is 1. The highest BCUT2D eigenvalue weighted by atomic mass is 32.2. The van der Waals surface area contributed by atoms with Gasteiger partial charge in [-0.25, -0.2) is 4.98 Å². The van der Waals surface area contributed by atoms with Crippen molar-refractivity contribution in [1.82, 2.24) is 19.6 Å². The van der Waals surface area contributed by atoms with Gasteiger partial charge in [-0.15, -0.1) is 0 Å². The minimum absolute atomic E-state index is 0.136. The van der Waals surface area contributed by atoms with E-state index in [-0.39, 0.29) is 34.5 Å². The zero-order valence-corrected chi connectivity index (χ0v) is 19.8. The number of aromatic nitrogens is 2. The van der Waals surface area contributed by atoms with Gasteiger partial charge in [-0.05, 0) is 24.6 Å². The summed E-state index contributed by atoms with van der Waals surface area (Å²) in [5.41, 5.74) is 0.910. The second-order valence-corrected chi connectivity index (χ2v) is 9.24. The Balaban J connectivity index is 1.95. The van der Waals surface area contributed by atoms with E-state index in [9.17, 15) is 19.2 Å².